The number of rotatable bonds is 9. The lowest BCUT2D eigenvalue weighted by atomic mass is 10.1. The van der Waals surface area contributed by atoms with Crippen molar-refractivity contribution in [3.63, 3.8) is 0 Å². The fraction of sp³-hybridized carbons (Fsp3) is 0.318. The molecule has 2 aromatic carbocycles. The Hall–Kier alpha value is -2.93. The zero-order valence-electron chi connectivity index (χ0n) is 15.4. The molecule has 136 valence electrons. The fourth-order valence-corrected chi connectivity index (χ4v) is 2.55. The van der Waals surface area contributed by atoms with Gasteiger partial charge in [0.2, 0.25) is 5.91 Å². The summed E-state index contributed by atoms with van der Waals surface area (Å²) in [5.74, 6) is 3.76. The van der Waals surface area contributed by atoms with Gasteiger partial charge < -0.3 is 14.8 Å². The fourth-order valence-electron chi connectivity index (χ4n) is 2.55. The quantitative estimate of drug-likeness (QED) is 0.705. The van der Waals surface area contributed by atoms with E-state index in [1.165, 1.54) is 11.1 Å². The molecule has 0 bridgehead atoms. The van der Waals surface area contributed by atoms with E-state index in [0.29, 0.717) is 24.5 Å². The Bertz CT molecular complexity index is 760. The van der Waals surface area contributed by atoms with Gasteiger partial charge in [-0.05, 0) is 43.0 Å². The number of carbonyl (C=O) groups is 1. The summed E-state index contributed by atoms with van der Waals surface area (Å²) in [6, 6.07) is 14.0. The summed E-state index contributed by atoms with van der Waals surface area (Å²) in [6.07, 6.45) is 7.17. The first-order valence-corrected chi connectivity index (χ1v) is 8.68. The summed E-state index contributed by atoms with van der Waals surface area (Å²) in [4.78, 5) is 12.0. The molecule has 0 aromatic heterocycles. The normalized spacial score (nSPS) is 10.0. The molecule has 0 atom stereocenters. The Labute approximate surface area is 155 Å². The van der Waals surface area contributed by atoms with Crippen LogP contribution in [0.2, 0.25) is 0 Å². The van der Waals surface area contributed by atoms with Gasteiger partial charge in [0, 0.05) is 13.0 Å². The molecule has 2 aromatic rings. The van der Waals surface area contributed by atoms with Gasteiger partial charge in [-0.1, -0.05) is 41.8 Å². The molecule has 1 amide bonds. The molecular formula is C22H25NO3. The molecular weight excluding hydrogens is 326 g/mol. The lowest BCUT2D eigenvalue weighted by molar-refractivity contribution is -0.121. The molecule has 0 aliphatic rings. The average molecular weight is 351 g/mol. The molecule has 4 heteroatoms. The molecule has 0 unspecified atom stereocenters. The van der Waals surface area contributed by atoms with Crippen molar-refractivity contribution in [1.29, 1.82) is 0 Å². The molecule has 0 aliphatic heterocycles. The van der Waals surface area contributed by atoms with E-state index >= 15 is 0 Å². The number of carbonyl (C=O) groups excluding carboxylic acids is 1. The van der Waals surface area contributed by atoms with E-state index in [1.54, 1.807) is 7.11 Å². The van der Waals surface area contributed by atoms with Gasteiger partial charge >= 0.3 is 0 Å². The number of aryl methyl sites for hydroxylation is 2. The van der Waals surface area contributed by atoms with Crippen molar-refractivity contribution in [2.45, 2.75) is 26.2 Å². The topological polar surface area (TPSA) is 47.6 Å². The Kier molecular flexibility index (Phi) is 7.57. The van der Waals surface area contributed by atoms with E-state index in [-0.39, 0.29) is 12.5 Å². The molecule has 0 saturated carbocycles. The third-order valence-corrected chi connectivity index (χ3v) is 4.04. The van der Waals surface area contributed by atoms with Gasteiger partial charge in [0.15, 0.2) is 11.5 Å². The van der Waals surface area contributed by atoms with Crippen LogP contribution in [0, 0.1) is 19.3 Å². The Morgan fingerprint density at radius 3 is 2.50 bits per heavy atom. The minimum absolute atomic E-state index is 0.0616. The predicted molar refractivity (Wildman–Crippen MR) is 104 cm³/mol. The van der Waals surface area contributed by atoms with Crippen LogP contribution >= 0.6 is 0 Å². The van der Waals surface area contributed by atoms with Gasteiger partial charge in [-0.2, -0.15) is 0 Å². The van der Waals surface area contributed by atoms with E-state index in [0.717, 1.165) is 18.4 Å². The minimum Gasteiger partial charge on any atom is -0.493 e. The summed E-state index contributed by atoms with van der Waals surface area (Å²) < 4.78 is 10.8. The number of amides is 1. The molecule has 0 aliphatic carbocycles. The van der Waals surface area contributed by atoms with Crippen molar-refractivity contribution in [3.8, 4) is 23.8 Å². The first-order valence-electron chi connectivity index (χ1n) is 8.68. The zero-order chi connectivity index (χ0) is 18.8. The first-order chi connectivity index (χ1) is 12.6. The highest BCUT2D eigenvalue weighted by Crippen LogP contribution is 2.28. The van der Waals surface area contributed by atoms with Gasteiger partial charge in [0.1, 0.15) is 6.61 Å². The molecule has 0 radical (unpaired) electrons. The van der Waals surface area contributed by atoms with Gasteiger partial charge in [0.05, 0.1) is 7.11 Å². The monoisotopic (exact) mass is 351 g/mol. The molecule has 0 heterocycles. The van der Waals surface area contributed by atoms with Crippen LogP contribution in [-0.4, -0.2) is 26.2 Å². The van der Waals surface area contributed by atoms with Crippen molar-refractivity contribution in [1.82, 2.24) is 5.32 Å². The molecule has 26 heavy (non-hydrogen) atoms. The van der Waals surface area contributed by atoms with Gasteiger partial charge in [-0.25, -0.2) is 0 Å². The molecule has 0 spiro atoms. The lowest BCUT2D eigenvalue weighted by Gasteiger charge is -2.11. The standard InChI is InChI=1S/C22H25NO3/c1-4-15-26-20-11-9-19(16-21(20)25-3)13-14-23-22(24)12-10-18-7-5-17(2)6-8-18/h1,5-9,11,16H,10,12-15H2,2-3H3,(H,23,24). The smallest absolute Gasteiger partial charge is 0.220 e. The zero-order valence-corrected chi connectivity index (χ0v) is 15.4. The summed E-state index contributed by atoms with van der Waals surface area (Å²) in [5.41, 5.74) is 3.47. The summed E-state index contributed by atoms with van der Waals surface area (Å²) in [7, 11) is 1.59. The third-order valence-electron chi connectivity index (χ3n) is 4.04. The van der Waals surface area contributed by atoms with Crippen LogP contribution in [0.25, 0.3) is 0 Å². The van der Waals surface area contributed by atoms with Gasteiger partial charge in [0.25, 0.3) is 0 Å². The van der Waals surface area contributed by atoms with Crippen LogP contribution < -0.4 is 14.8 Å². The molecule has 1 N–H and O–H groups in total. The lowest BCUT2D eigenvalue weighted by Crippen LogP contribution is -2.25. The number of hydrogen-bond donors (Lipinski definition) is 1. The second-order valence-corrected chi connectivity index (χ2v) is 6.06. The summed E-state index contributed by atoms with van der Waals surface area (Å²) >= 11 is 0. The van der Waals surface area contributed by atoms with E-state index in [2.05, 4.69) is 42.4 Å². The second-order valence-electron chi connectivity index (χ2n) is 6.06. The average Bonchev–Trinajstić information content (AvgIpc) is 2.66. The van der Waals surface area contributed by atoms with Crippen molar-refractivity contribution in [2.75, 3.05) is 20.3 Å². The number of hydrogen-bond acceptors (Lipinski definition) is 3. The summed E-state index contributed by atoms with van der Waals surface area (Å²) in [5, 5.41) is 2.96. The van der Waals surface area contributed by atoms with E-state index in [4.69, 9.17) is 15.9 Å². The Morgan fingerprint density at radius 2 is 1.81 bits per heavy atom. The van der Waals surface area contributed by atoms with Crippen LogP contribution in [0.4, 0.5) is 0 Å². The largest absolute Gasteiger partial charge is 0.493 e. The van der Waals surface area contributed by atoms with Crippen molar-refractivity contribution >= 4 is 5.91 Å². The summed E-state index contributed by atoms with van der Waals surface area (Å²) in [6.45, 7) is 2.84. The molecule has 0 saturated heterocycles. The SMILES string of the molecule is C#CCOc1ccc(CCNC(=O)CCc2ccc(C)cc2)cc1OC. The van der Waals surface area contributed by atoms with Crippen molar-refractivity contribution in [3.05, 3.63) is 59.2 Å². The Balaban J connectivity index is 1.77. The van der Waals surface area contributed by atoms with Gasteiger partial charge in [-0.3, -0.25) is 4.79 Å². The van der Waals surface area contributed by atoms with Crippen LogP contribution in [0.1, 0.15) is 23.1 Å². The maximum atomic E-state index is 12.0. The van der Waals surface area contributed by atoms with Gasteiger partial charge in [-0.15, -0.1) is 6.42 Å². The van der Waals surface area contributed by atoms with E-state index in [1.807, 2.05) is 18.2 Å². The van der Waals surface area contributed by atoms with Crippen LogP contribution in [0.5, 0.6) is 11.5 Å². The predicted octanol–water partition coefficient (Wildman–Crippen LogP) is 3.31. The van der Waals surface area contributed by atoms with Crippen LogP contribution in [-0.2, 0) is 17.6 Å². The highest BCUT2D eigenvalue weighted by Gasteiger charge is 2.07. The number of terminal acetylenes is 1. The molecule has 0 fully saturated rings. The first kappa shape index (κ1) is 19.4. The third kappa shape index (κ3) is 6.18. The maximum absolute atomic E-state index is 12.0. The number of ether oxygens (including phenoxy) is 2. The maximum Gasteiger partial charge on any atom is 0.220 e. The molecule has 2 rings (SSSR count). The highest BCUT2D eigenvalue weighted by molar-refractivity contribution is 5.76. The minimum atomic E-state index is 0.0616. The highest BCUT2D eigenvalue weighted by atomic mass is 16.5. The number of nitrogens with one attached hydrogen (secondary N) is 1. The number of benzene rings is 2. The van der Waals surface area contributed by atoms with Crippen molar-refractivity contribution in [2.24, 2.45) is 0 Å². The van der Waals surface area contributed by atoms with E-state index < -0.39 is 0 Å². The van der Waals surface area contributed by atoms with E-state index in [9.17, 15) is 4.79 Å². The second kappa shape index (κ2) is 10.1. The molecule has 4 nitrogen and oxygen atoms in total. The van der Waals surface area contributed by atoms with Crippen molar-refractivity contribution < 1.29 is 14.3 Å². The van der Waals surface area contributed by atoms with Crippen LogP contribution in [0.3, 0.4) is 0 Å². The van der Waals surface area contributed by atoms with Crippen LogP contribution in [0.15, 0.2) is 42.5 Å². The Morgan fingerprint density at radius 1 is 1.08 bits per heavy atom. The number of methoxy groups -OCH3 is 1.